The Morgan fingerprint density at radius 1 is 1.35 bits per heavy atom. The van der Waals surface area contributed by atoms with E-state index in [9.17, 15) is 4.79 Å². The molecule has 6 nitrogen and oxygen atoms in total. The van der Waals surface area contributed by atoms with E-state index < -0.39 is 0 Å². The summed E-state index contributed by atoms with van der Waals surface area (Å²) in [5.41, 5.74) is 1.30. The molecule has 1 aliphatic rings. The van der Waals surface area contributed by atoms with Crippen LogP contribution in [-0.4, -0.2) is 38.7 Å². The molecule has 2 aromatic rings. The molecule has 23 heavy (non-hydrogen) atoms. The summed E-state index contributed by atoms with van der Waals surface area (Å²) in [4.78, 5) is 14.8. The molecule has 122 valence electrons. The van der Waals surface area contributed by atoms with Gasteiger partial charge in [0.2, 0.25) is 5.91 Å². The third-order valence-electron chi connectivity index (χ3n) is 4.35. The zero-order valence-electron chi connectivity index (χ0n) is 13.5. The first-order valence-corrected chi connectivity index (χ1v) is 8.09. The van der Waals surface area contributed by atoms with Crippen molar-refractivity contribution in [2.24, 2.45) is 13.0 Å². The molecule has 0 spiro atoms. The molecule has 0 aliphatic carbocycles. The zero-order chi connectivity index (χ0) is 16.1. The molecule has 1 aliphatic heterocycles. The summed E-state index contributed by atoms with van der Waals surface area (Å²) in [6.07, 6.45) is 3.66. The molecule has 1 aromatic heterocycles. The molecule has 1 atom stereocenters. The first-order valence-electron chi connectivity index (χ1n) is 8.09. The SMILES string of the molecule is Cn1cnnc1CNC(=O)[C@@H]1CCCN(Cc2ccccc2)C1. The predicted octanol–water partition coefficient (Wildman–Crippen LogP) is 1.34. The Morgan fingerprint density at radius 2 is 2.17 bits per heavy atom. The van der Waals surface area contributed by atoms with E-state index in [0.717, 1.165) is 38.3 Å². The fourth-order valence-electron chi connectivity index (χ4n) is 3.03. The van der Waals surface area contributed by atoms with E-state index in [0.29, 0.717) is 6.54 Å². The maximum atomic E-state index is 12.4. The maximum absolute atomic E-state index is 12.4. The monoisotopic (exact) mass is 313 g/mol. The van der Waals surface area contributed by atoms with Crippen molar-refractivity contribution in [3.8, 4) is 0 Å². The van der Waals surface area contributed by atoms with E-state index in [-0.39, 0.29) is 11.8 Å². The van der Waals surface area contributed by atoms with Gasteiger partial charge in [-0.25, -0.2) is 0 Å². The molecule has 1 aromatic carbocycles. The normalized spacial score (nSPS) is 18.7. The van der Waals surface area contributed by atoms with Gasteiger partial charge in [-0.2, -0.15) is 0 Å². The van der Waals surface area contributed by atoms with Gasteiger partial charge in [0, 0.05) is 20.1 Å². The topological polar surface area (TPSA) is 63.1 Å². The van der Waals surface area contributed by atoms with Crippen LogP contribution in [0.25, 0.3) is 0 Å². The summed E-state index contributed by atoms with van der Waals surface area (Å²) in [5.74, 6) is 0.946. The number of aromatic nitrogens is 3. The van der Waals surface area contributed by atoms with E-state index in [1.54, 1.807) is 6.33 Å². The molecule has 0 radical (unpaired) electrons. The first kappa shape index (κ1) is 15.7. The highest BCUT2D eigenvalue weighted by Crippen LogP contribution is 2.18. The van der Waals surface area contributed by atoms with Crippen LogP contribution in [0.15, 0.2) is 36.7 Å². The van der Waals surface area contributed by atoms with Gasteiger partial charge < -0.3 is 9.88 Å². The highest BCUT2D eigenvalue weighted by atomic mass is 16.1. The second-order valence-electron chi connectivity index (χ2n) is 6.14. The molecule has 0 saturated carbocycles. The van der Waals surface area contributed by atoms with Crippen molar-refractivity contribution in [2.75, 3.05) is 13.1 Å². The van der Waals surface area contributed by atoms with E-state index in [4.69, 9.17) is 0 Å². The number of likely N-dealkylation sites (tertiary alicyclic amines) is 1. The van der Waals surface area contributed by atoms with Gasteiger partial charge in [0.1, 0.15) is 6.33 Å². The fraction of sp³-hybridized carbons (Fsp3) is 0.471. The van der Waals surface area contributed by atoms with Crippen molar-refractivity contribution in [1.29, 1.82) is 0 Å². The quantitative estimate of drug-likeness (QED) is 0.905. The summed E-state index contributed by atoms with van der Waals surface area (Å²) < 4.78 is 1.82. The van der Waals surface area contributed by atoms with Crippen molar-refractivity contribution < 1.29 is 4.79 Å². The highest BCUT2D eigenvalue weighted by Gasteiger charge is 2.25. The van der Waals surface area contributed by atoms with Crippen LogP contribution in [0.1, 0.15) is 24.2 Å². The third-order valence-corrected chi connectivity index (χ3v) is 4.35. The van der Waals surface area contributed by atoms with Crippen LogP contribution >= 0.6 is 0 Å². The second-order valence-corrected chi connectivity index (χ2v) is 6.14. The number of carbonyl (C=O) groups is 1. The van der Waals surface area contributed by atoms with E-state index in [2.05, 4.69) is 44.7 Å². The Bertz CT molecular complexity index is 639. The number of rotatable bonds is 5. The molecule has 1 N–H and O–H groups in total. The second kappa shape index (κ2) is 7.37. The predicted molar refractivity (Wildman–Crippen MR) is 87.3 cm³/mol. The number of carbonyl (C=O) groups excluding carboxylic acids is 1. The van der Waals surface area contributed by atoms with Gasteiger partial charge in [0.25, 0.3) is 0 Å². The Kier molecular flexibility index (Phi) is 5.02. The molecule has 0 unspecified atom stereocenters. The van der Waals surface area contributed by atoms with E-state index in [1.165, 1.54) is 5.56 Å². The van der Waals surface area contributed by atoms with Crippen molar-refractivity contribution >= 4 is 5.91 Å². The van der Waals surface area contributed by atoms with Crippen molar-refractivity contribution in [2.45, 2.75) is 25.9 Å². The molecule has 1 fully saturated rings. The summed E-state index contributed by atoms with van der Waals surface area (Å²) in [7, 11) is 1.88. The number of benzene rings is 1. The molecule has 1 saturated heterocycles. The van der Waals surface area contributed by atoms with Crippen LogP contribution in [0.3, 0.4) is 0 Å². The van der Waals surface area contributed by atoms with Crippen molar-refractivity contribution in [1.82, 2.24) is 25.0 Å². The van der Waals surface area contributed by atoms with Crippen LogP contribution in [-0.2, 0) is 24.9 Å². The lowest BCUT2D eigenvalue weighted by molar-refractivity contribution is -0.127. The van der Waals surface area contributed by atoms with Gasteiger partial charge in [-0.1, -0.05) is 30.3 Å². The van der Waals surface area contributed by atoms with Gasteiger partial charge in [-0.15, -0.1) is 10.2 Å². The summed E-state index contributed by atoms with van der Waals surface area (Å²) in [6.45, 7) is 3.22. The zero-order valence-corrected chi connectivity index (χ0v) is 13.5. The lowest BCUT2D eigenvalue weighted by Gasteiger charge is -2.32. The van der Waals surface area contributed by atoms with Gasteiger partial charge in [0.05, 0.1) is 12.5 Å². The summed E-state index contributed by atoms with van der Waals surface area (Å²) in [6, 6.07) is 10.4. The molecular formula is C17H23N5O. The Morgan fingerprint density at radius 3 is 2.91 bits per heavy atom. The van der Waals surface area contributed by atoms with Gasteiger partial charge >= 0.3 is 0 Å². The number of nitrogens with zero attached hydrogens (tertiary/aromatic N) is 4. The summed E-state index contributed by atoms with van der Waals surface area (Å²) in [5, 5.41) is 10.8. The standard InChI is InChI=1S/C17H23N5O/c1-21-13-19-20-16(21)10-18-17(23)15-8-5-9-22(12-15)11-14-6-3-2-4-7-14/h2-4,6-7,13,15H,5,8-12H2,1H3,(H,18,23)/t15-/m1/s1. The number of piperidine rings is 1. The van der Waals surface area contributed by atoms with Gasteiger partial charge in [-0.3, -0.25) is 9.69 Å². The minimum atomic E-state index is 0.0562. The Labute approximate surface area is 136 Å². The maximum Gasteiger partial charge on any atom is 0.224 e. The van der Waals surface area contributed by atoms with Gasteiger partial charge in [-0.05, 0) is 24.9 Å². The molecule has 1 amide bonds. The van der Waals surface area contributed by atoms with Crippen molar-refractivity contribution in [3.63, 3.8) is 0 Å². The average molecular weight is 313 g/mol. The smallest absolute Gasteiger partial charge is 0.224 e. The number of amides is 1. The largest absolute Gasteiger partial charge is 0.349 e. The first-order chi connectivity index (χ1) is 11.2. The number of aryl methyl sites for hydroxylation is 1. The van der Waals surface area contributed by atoms with E-state index >= 15 is 0 Å². The van der Waals surface area contributed by atoms with Crippen LogP contribution in [0, 0.1) is 5.92 Å². The fourth-order valence-corrected chi connectivity index (χ4v) is 3.03. The number of hydrogen-bond donors (Lipinski definition) is 1. The van der Waals surface area contributed by atoms with Crippen molar-refractivity contribution in [3.05, 3.63) is 48.0 Å². The highest BCUT2D eigenvalue weighted by molar-refractivity contribution is 5.78. The minimum absolute atomic E-state index is 0.0562. The van der Waals surface area contributed by atoms with Crippen LogP contribution in [0.4, 0.5) is 0 Å². The molecule has 6 heteroatoms. The number of nitrogens with one attached hydrogen (secondary N) is 1. The van der Waals surface area contributed by atoms with Gasteiger partial charge in [0.15, 0.2) is 5.82 Å². The third kappa shape index (κ3) is 4.16. The molecule has 2 heterocycles. The van der Waals surface area contributed by atoms with Crippen LogP contribution in [0.5, 0.6) is 0 Å². The van der Waals surface area contributed by atoms with Crippen LogP contribution in [0.2, 0.25) is 0 Å². The summed E-state index contributed by atoms with van der Waals surface area (Å²) >= 11 is 0. The molecule has 3 rings (SSSR count). The molecular weight excluding hydrogens is 290 g/mol. The van der Waals surface area contributed by atoms with Crippen LogP contribution < -0.4 is 5.32 Å². The Balaban J connectivity index is 1.51. The number of hydrogen-bond acceptors (Lipinski definition) is 4. The average Bonchev–Trinajstić information content (AvgIpc) is 2.99. The minimum Gasteiger partial charge on any atom is -0.349 e. The lowest BCUT2D eigenvalue weighted by Crippen LogP contribution is -2.42. The van der Waals surface area contributed by atoms with E-state index in [1.807, 2.05) is 17.7 Å². The lowest BCUT2D eigenvalue weighted by atomic mass is 9.96. The molecule has 0 bridgehead atoms. The Hall–Kier alpha value is -2.21.